The summed E-state index contributed by atoms with van der Waals surface area (Å²) in [6.07, 6.45) is 98.0. The molecule has 0 aromatic heterocycles. The lowest BCUT2D eigenvalue weighted by Gasteiger charge is -2.19. The molecule has 2 unspecified atom stereocenters. The highest BCUT2D eigenvalue weighted by Crippen LogP contribution is 2.43. The van der Waals surface area contributed by atoms with Gasteiger partial charge in [-0.05, 0) is 96.3 Å². The highest BCUT2D eigenvalue weighted by atomic mass is 31.2. The largest absolute Gasteiger partial charge is 0.472 e. The maximum absolute atomic E-state index is 12.8. The second-order valence-electron chi connectivity index (χ2n) is 24.4. The maximum Gasteiger partial charge on any atom is 0.472 e. The van der Waals surface area contributed by atoms with Crippen molar-refractivity contribution < 1.29 is 37.6 Å². The number of carbonyl (C=O) groups is 2. The Hall–Kier alpha value is -3.07. The highest BCUT2D eigenvalue weighted by Gasteiger charge is 2.26. The van der Waals surface area contributed by atoms with E-state index < -0.39 is 26.5 Å². The molecule has 3 N–H and O–H groups in total. The molecular weight excluding hydrogens is 1100 g/mol. The number of ether oxygens (including phenoxy) is 2. The van der Waals surface area contributed by atoms with E-state index in [0.29, 0.717) is 6.42 Å². The van der Waals surface area contributed by atoms with Crippen LogP contribution in [0.25, 0.3) is 0 Å². The Morgan fingerprint density at radius 1 is 0.356 bits per heavy atom. The lowest BCUT2D eigenvalue weighted by Crippen LogP contribution is -2.29. The third-order valence-corrected chi connectivity index (χ3v) is 16.9. The van der Waals surface area contributed by atoms with Crippen LogP contribution in [0.2, 0.25) is 0 Å². The molecule has 504 valence electrons. The first-order valence-corrected chi connectivity index (χ1v) is 38.2. The molecule has 0 spiro atoms. The number of unbranched alkanes of at least 4 members (excludes halogenated alkanes) is 40. The summed E-state index contributed by atoms with van der Waals surface area (Å²) < 4.78 is 33.2. The lowest BCUT2D eigenvalue weighted by molar-refractivity contribution is -0.161. The molecule has 0 aromatic carbocycles. The Morgan fingerprint density at radius 3 is 0.943 bits per heavy atom. The standard InChI is InChI=1S/C77H138NO8P/c1-3-5-7-9-11-13-15-17-19-21-23-25-27-29-30-31-32-33-34-35-36-37-38-39-40-41-42-43-44-46-48-50-52-54-56-58-60-62-64-66-68-70-77(80)86-75(74-85-87(81,82)84-72-71-78)73-83-76(79)69-67-65-63-61-59-57-55-53-51-49-47-45-28-26-24-22-20-18-16-14-12-10-8-6-4-2/h5,7,11,13,16-19,22-25,29-30,32-33,75H,3-4,6,8-10,12,14-15,20-21,26-28,31,34-74,78H2,1-2H3,(H,81,82)/b7-5-,13-11-,18-16-,19-17-,24-22-,25-23-,30-29-,33-32-. The molecule has 0 aromatic rings. The van der Waals surface area contributed by atoms with Crippen molar-refractivity contribution >= 4 is 19.8 Å². The third-order valence-electron chi connectivity index (χ3n) is 16.0. The van der Waals surface area contributed by atoms with Crippen LogP contribution in [-0.2, 0) is 32.7 Å². The Morgan fingerprint density at radius 2 is 0.632 bits per heavy atom. The number of allylic oxidation sites excluding steroid dienone is 16. The first-order chi connectivity index (χ1) is 42.8. The second-order valence-corrected chi connectivity index (χ2v) is 25.9. The van der Waals surface area contributed by atoms with Crippen molar-refractivity contribution in [2.24, 2.45) is 5.73 Å². The quantitative estimate of drug-likeness (QED) is 0.0264. The summed E-state index contributed by atoms with van der Waals surface area (Å²) in [5.74, 6) is -0.814. The van der Waals surface area contributed by atoms with Gasteiger partial charge in [-0.15, -0.1) is 0 Å². The Bertz CT molecular complexity index is 1750. The summed E-state index contributed by atoms with van der Waals surface area (Å²) in [6, 6.07) is 0. The number of carbonyl (C=O) groups excluding carboxylic acids is 2. The number of rotatable bonds is 69. The van der Waals surface area contributed by atoms with Gasteiger partial charge < -0.3 is 20.1 Å². The molecule has 0 rings (SSSR count). The van der Waals surface area contributed by atoms with E-state index in [9.17, 15) is 19.0 Å². The van der Waals surface area contributed by atoms with E-state index in [1.165, 1.54) is 238 Å². The summed E-state index contributed by atoms with van der Waals surface area (Å²) in [7, 11) is -4.40. The fourth-order valence-corrected chi connectivity index (χ4v) is 11.3. The Kier molecular flexibility index (Phi) is 69.5. The van der Waals surface area contributed by atoms with Gasteiger partial charge in [-0.1, -0.05) is 336 Å². The monoisotopic (exact) mass is 1240 g/mol. The number of nitrogens with two attached hydrogens (primary N) is 1. The van der Waals surface area contributed by atoms with Gasteiger partial charge in [0.15, 0.2) is 6.10 Å². The first kappa shape index (κ1) is 83.9. The van der Waals surface area contributed by atoms with Gasteiger partial charge in [-0.3, -0.25) is 18.6 Å². The molecule has 0 aliphatic carbocycles. The van der Waals surface area contributed by atoms with E-state index in [1.54, 1.807) is 0 Å². The summed E-state index contributed by atoms with van der Waals surface area (Å²) >= 11 is 0. The SMILES string of the molecule is CC/C=C\C/C=C\C/C=C\C/C=C\C/C=C\C/C=C\CCCCCCCCCCCCCCCCCCCCCCCCC(=O)OC(COC(=O)CCCCCCCCCCCCCCC/C=C\C/C=C\CCCCCCC)COP(=O)(O)OCCN. The average molecular weight is 1240 g/mol. The van der Waals surface area contributed by atoms with Crippen molar-refractivity contribution in [1.29, 1.82) is 0 Å². The molecule has 0 radical (unpaired) electrons. The molecule has 0 saturated heterocycles. The minimum atomic E-state index is -4.40. The van der Waals surface area contributed by atoms with Crippen LogP contribution in [-0.4, -0.2) is 49.3 Å². The van der Waals surface area contributed by atoms with Gasteiger partial charge >= 0.3 is 19.8 Å². The van der Waals surface area contributed by atoms with Crippen LogP contribution in [0.5, 0.6) is 0 Å². The fourth-order valence-electron chi connectivity index (χ4n) is 10.6. The molecule has 0 heterocycles. The van der Waals surface area contributed by atoms with Crippen LogP contribution in [0.3, 0.4) is 0 Å². The Balaban J connectivity index is 3.80. The third kappa shape index (κ3) is 71.9. The maximum atomic E-state index is 12.8. The lowest BCUT2D eigenvalue weighted by atomic mass is 10.0. The molecule has 9 nitrogen and oxygen atoms in total. The highest BCUT2D eigenvalue weighted by molar-refractivity contribution is 7.47. The zero-order chi connectivity index (χ0) is 63.0. The van der Waals surface area contributed by atoms with Gasteiger partial charge in [0, 0.05) is 19.4 Å². The van der Waals surface area contributed by atoms with E-state index in [-0.39, 0.29) is 38.6 Å². The van der Waals surface area contributed by atoms with Gasteiger partial charge in [0.05, 0.1) is 13.2 Å². The molecule has 0 fully saturated rings. The molecule has 0 saturated carbocycles. The van der Waals surface area contributed by atoms with Crippen LogP contribution in [0.15, 0.2) is 97.2 Å². The average Bonchev–Trinajstić information content (AvgIpc) is 3.65. The second kappa shape index (κ2) is 72.0. The number of hydrogen-bond donors (Lipinski definition) is 2. The van der Waals surface area contributed by atoms with Crippen molar-refractivity contribution in [3.63, 3.8) is 0 Å². The normalized spacial score (nSPS) is 13.5. The van der Waals surface area contributed by atoms with Gasteiger partial charge in [-0.25, -0.2) is 4.57 Å². The van der Waals surface area contributed by atoms with Crippen LogP contribution in [0.1, 0.15) is 348 Å². The molecular formula is C77H138NO8P. The number of phosphoric ester groups is 1. The predicted octanol–water partition coefficient (Wildman–Crippen LogP) is 24.3. The fraction of sp³-hybridized carbons (Fsp3) is 0.766. The summed E-state index contributed by atoms with van der Waals surface area (Å²) in [5.41, 5.74) is 5.41. The van der Waals surface area contributed by atoms with Crippen LogP contribution in [0.4, 0.5) is 0 Å². The van der Waals surface area contributed by atoms with E-state index in [4.69, 9.17) is 24.3 Å². The molecule has 0 bridgehead atoms. The predicted molar refractivity (Wildman–Crippen MR) is 376 cm³/mol. The molecule has 0 amide bonds. The van der Waals surface area contributed by atoms with Gasteiger partial charge in [0.1, 0.15) is 6.61 Å². The van der Waals surface area contributed by atoms with E-state index >= 15 is 0 Å². The minimum absolute atomic E-state index is 0.0528. The molecule has 0 aliphatic heterocycles. The van der Waals surface area contributed by atoms with Crippen molar-refractivity contribution in [3.8, 4) is 0 Å². The topological polar surface area (TPSA) is 134 Å². The molecule has 87 heavy (non-hydrogen) atoms. The molecule has 10 heteroatoms. The van der Waals surface area contributed by atoms with Crippen LogP contribution < -0.4 is 5.73 Å². The summed E-state index contributed by atoms with van der Waals surface area (Å²) in [5, 5.41) is 0. The number of esters is 2. The van der Waals surface area contributed by atoms with Gasteiger partial charge in [0.2, 0.25) is 0 Å². The number of hydrogen-bond acceptors (Lipinski definition) is 8. The van der Waals surface area contributed by atoms with Crippen molar-refractivity contribution in [3.05, 3.63) is 97.2 Å². The zero-order valence-corrected chi connectivity index (χ0v) is 57.6. The van der Waals surface area contributed by atoms with Crippen molar-refractivity contribution in [1.82, 2.24) is 0 Å². The van der Waals surface area contributed by atoms with E-state index in [2.05, 4.69) is 111 Å². The van der Waals surface area contributed by atoms with E-state index in [0.717, 1.165) is 77.0 Å². The zero-order valence-electron chi connectivity index (χ0n) is 56.7. The van der Waals surface area contributed by atoms with Gasteiger partial charge in [0.25, 0.3) is 0 Å². The minimum Gasteiger partial charge on any atom is -0.462 e. The Labute approximate surface area is 537 Å². The van der Waals surface area contributed by atoms with Crippen molar-refractivity contribution in [2.75, 3.05) is 26.4 Å². The van der Waals surface area contributed by atoms with Crippen LogP contribution >= 0.6 is 7.82 Å². The molecule has 0 aliphatic rings. The van der Waals surface area contributed by atoms with Crippen LogP contribution in [0, 0.1) is 0 Å². The molecule has 2 atom stereocenters. The summed E-state index contributed by atoms with van der Waals surface area (Å²) in [4.78, 5) is 35.4. The van der Waals surface area contributed by atoms with E-state index in [1.807, 2.05) is 0 Å². The van der Waals surface area contributed by atoms with Crippen molar-refractivity contribution in [2.45, 2.75) is 354 Å². The number of phosphoric acid groups is 1. The first-order valence-electron chi connectivity index (χ1n) is 36.7. The summed E-state index contributed by atoms with van der Waals surface area (Å²) in [6.45, 7) is 3.66. The smallest absolute Gasteiger partial charge is 0.462 e. The van der Waals surface area contributed by atoms with Gasteiger partial charge in [-0.2, -0.15) is 0 Å².